The third-order valence-electron chi connectivity index (χ3n) is 3.60. The normalized spacial score (nSPS) is 19.0. The topological polar surface area (TPSA) is 58.4 Å². The number of rotatable bonds is 3. The van der Waals surface area contributed by atoms with Gasteiger partial charge in [0.2, 0.25) is 0 Å². The minimum absolute atomic E-state index is 0.114. The Labute approximate surface area is 107 Å². The van der Waals surface area contributed by atoms with Crippen LogP contribution in [-0.2, 0) is 0 Å². The van der Waals surface area contributed by atoms with Crippen molar-refractivity contribution >= 4 is 17.3 Å². The summed E-state index contributed by atoms with van der Waals surface area (Å²) in [7, 11) is 0. The van der Waals surface area contributed by atoms with Crippen molar-refractivity contribution in [1.29, 1.82) is 0 Å². The Morgan fingerprint density at radius 2 is 2.00 bits per heavy atom. The molecular weight excluding hydrogens is 226 g/mol. The van der Waals surface area contributed by atoms with Crippen LogP contribution in [0.2, 0.25) is 0 Å². The molecule has 0 aromatic heterocycles. The van der Waals surface area contributed by atoms with Crippen LogP contribution in [0.1, 0.15) is 36.0 Å². The molecule has 2 fully saturated rings. The number of amides is 1. The van der Waals surface area contributed by atoms with Gasteiger partial charge in [-0.1, -0.05) is 0 Å². The highest BCUT2D eigenvalue weighted by Gasteiger charge is 2.26. The lowest BCUT2D eigenvalue weighted by atomic mass is 10.1. The molecule has 0 bridgehead atoms. The standard InChI is InChI=1S/C14H19N3O/c15-10-3-6-13(16-11-4-5-11)12(9-10)14(18)17-7-1-2-8-17/h3,6,9,11,16H,1-2,4-5,7-8,15H2. The number of hydrogen-bond donors (Lipinski definition) is 2. The smallest absolute Gasteiger partial charge is 0.256 e. The van der Waals surface area contributed by atoms with Gasteiger partial charge in [0.15, 0.2) is 0 Å². The van der Waals surface area contributed by atoms with Gasteiger partial charge in [-0.2, -0.15) is 0 Å². The first-order valence-corrected chi connectivity index (χ1v) is 6.69. The Morgan fingerprint density at radius 3 is 2.67 bits per heavy atom. The SMILES string of the molecule is Nc1ccc(NC2CC2)c(C(=O)N2CCCC2)c1. The number of nitrogens with one attached hydrogen (secondary N) is 1. The zero-order valence-corrected chi connectivity index (χ0v) is 10.5. The molecule has 96 valence electrons. The van der Waals surface area contributed by atoms with Crippen LogP contribution in [-0.4, -0.2) is 29.9 Å². The van der Waals surface area contributed by atoms with Crippen LogP contribution in [0.25, 0.3) is 0 Å². The Balaban J connectivity index is 1.87. The lowest BCUT2D eigenvalue weighted by Crippen LogP contribution is -2.28. The minimum Gasteiger partial charge on any atom is -0.399 e. The molecule has 1 aliphatic carbocycles. The molecule has 1 aliphatic heterocycles. The van der Waals surface area contributed by atoms with Gasteiger partial charge in [0, 0.05) is 30.5 Å². The Hall–Kier alpha value is -1.71. The Bertz CT molecular complexity index is 462. The Morgan fingerprint density at radius 1 is 1.28 bits per heavy atom. The van der Waals surface area contributed by atoms with E-state index in [-0.39, 0.29) is 5.91 Å². The van der Waals surface area contributed by atoms with E-state index < -0.39 is 0 Å². The van der Waals surface area contributed by atoms with Crippen LogP contribution in [0.3, 0.4) is 0 Å². The van der Waals surface area contributed by atoms with Crippen molar-refractivity contribution in [1.82, 2.24) is 4.90 Å². The molecule has 0 radical (unpaired) electrons. The number of likely N-dealkylation sites (tertiary alicyclic amines) is 1. The number of benzene rings is 1. The van der Waals surface area contributed by atoms with E-state index in [1.165, 1.54) is 12.8 Å². The van der Waals surface area contributed by atoms with Crippen molar-refractivity contribution in [3.05, 3.63) is 23.8 Å². The fourth-order valence-electron chi connectivity index (χ4n) is 2.40. The molecule has 1 saturated carbocycles. The first kappa shape index (κ1) is 11.4. The molecule has 1 aromatic rings. The highest BCUT2D eigenvalue weighted by molar-refractivity contribution is 6.00. The number of hydrogen-bond acceptors (Lipinski definition) is 3. The van der Waals surface area contributed by atoms with E-state index in [9.17, 15) is 4.79 Å². The molecule has 0 atom stereocenters. The van der Waals surface area contributed by atoms with E-state index >= 15 is 0 Å². The number of carbonyl (C=O) groups excluding carboxylic acids is 1. The molecular formula is C14H19N3O. The van der Waals surface area contributed by atoms with Gasteiger partial charge in [-0.05, 0) is 43.9 Å². The van der Waals surface area contributed by atoms with E-state index in [0.29, 0.717) is 11.7 Å². The van der Waals surface area contributed by atoms with Crippen LogP contribution >= 0.6 is 0 Å². The number of nitrogen functional groups attached to an aromatic ring is 1. The summed E-state index contributed by atoms with van der Waals surface area (Å²) in [6, 6.07) is 6.12. The first-order chi connectivity index (χ1) is 8.74. The van der Waals surface area contributed by atoms with Gasteiger partial charge in [-0.15, -0.1) is 0 Å². The molecule has 1 heterocycles. The van der Waals surface area contributed by atoms with Gasteiger partial charge in [-0.3, -0.25) is 4.79 Å². The van der Waals surface area contributed by atoms with Crippen molar-refractivity contribution in [2.75, 3.05) is 24.1 Å². The maximum Gasteiger partial charge on any atom is 0.256 e. The third kappa shape index (κ3) is 2.28. The minimum atomic E-state index is 0.114. The second kappa shape index (κ2) is 4.52. The summed E-state index contributed by atoms with van der Waals surface area (Å²) in [5.74, 6) is 0.114. The van der Waals surface area contributed by atoms with Crippen molar-refractivity contribution < 1.29 is 4.79 Å². The highest BCUT2D eigenvalue weighted by Crippen LogP contribution is 2.29. The van der Waals surface area contributed by atoms with Crippen LogP contribution in [0.15, 0.2) is 18.2 Å². The number of carbonyl (C=O) groups is 1. The second-order valence-corrected chi connectivity index (χ2v) is 5.22. The molecule has 1 saturated heterocycles. The molecule has 0 spiro atoms. The molecule has 3 rings (SSSR count). The first-order valence-electron chi connectivity index (χ1n) is 6.69. The summed E-state index contributed by atoms with van der Waals surface area (Å²) in [5.41, 5.74) is 8.12. The molecule has 2 aliphatic rings. The van der Waals surface area contributed by atoms with Crippen molar-refractivity contribution in [3.8, 4) is 0 Å². The zero-order chi connectivity index (χ0) is 12.5. The fourth-order valence-corrected chi connectivity index (χ4v) is 2.40. The lowest BCUT2D eigenvalue weighted by molar-refractivity contribution is 0.0794. The van der Waals surface area contributed by atoms with Gasteiger partial charge < -0.3 is 16.0 Å². The fraction of sp³-hybridized carbons (Fsp3) is 0.500. The van der Waals surface area contributed by atoms with E-state index in [0.717, 1.165) is 37.2 Å². The monoisotopic (exact) mass is 245 g/mol. The van der Waals surface area contributed by atoms with E-state index in [4.69, 9.17) is 5.73 Å². The molecule has 18 heavy (non-hydrogen) atoms. The third-order valence-corrected chi connectivity index (χ3v) is 3.60. The predicted octanol–water partition coefficient (Wildman–Crippen LogP) is 2.08. The van der Waals surface area contributed by atoms with E-state index in [1.807, 2.05) is 17.0 Å². The van der Waals surface area contributed by atoms with Gasteiger partial charge in [-0.25, -0.2) is 0 Å². The lowest BCUT2D eigenvalue weighted by Gasteiger charge is -2.18. The second-order valence-electron chi connectivity index (χ2n) is 5.22. The average molecular weight is 245 g/mol. The number of anilines is 2. The quantitative estimate of drug-likeness (QED) is 0.802. The van der Waals surface area contributed by atoms with Crippen LogP contribution in [0.5, 0.6) is 0 Å². The zero-order valence-electron chi connectivity index (χ0n) is 10.5. The number of nitrogens with zero attached hydrogens (tertiary/aromatic N) is 1. The van der Waals surface area contributed by atoms with E-state index in [2.05, 4.69) is 5.32 Å². The maximum absolute atomic E-state index is 12.5. The average Bonchev–Trinajstić information content (AvgIpc) is 3.01. The van der Waals surface area contributed by atoms with Crippen LogP contribution in [0.4, 0.5) is 11.4 Å². The summed E-state index contributed by atoms with van der Waals surface area (Å²) in [4.78, 5) is 14.4. The summed E-state index contributed by atoms with van der Waals surface area (Å²) in [5, 5.41) is 3.41. The van der Waals surface area contributed by atoms with Crippen molar-refractivity contribution in [2.24, 2.45) is 0 Å². The summed E-state index contributed by atoms with van der Waals surface area (Å²) < 4.78 is 0. The van der Waals surface area contributed by atoms with Crippen LogP contribution < -0.4 is 11.1 Å². The molecule has 1 amide bonds. The number of nitrogens with two attached hydrogens (primary N) is 1. The van der Waals surface area contributed by atoms with Gasteiger partial charge in [0.05, 0.1) is 5.56 Å². The molecule has 0 unspecified atom stereocenters. The van der Waals surface area contributed by atoms with Crippen molar-refractivity contribution in [3.63, 3.8) is 0 Å². The maximum atomic E-state index is 12.5. The Kier molecular flexibility index (Phi) is 2.86. The summed E-state index contributed by atoms with van der Waals surface area (Å²) in [6.07, 6.45) is 4.61. The summed E-state index contributed by atoms with van der Waals surface area (Å²) in [6.45, 7) is 1.74. The summed E-state index contributed by atoms with van der Waals surface area (Å²) >= 11 is 0. The molecule has 4 heteroatoms. The predicted molar refractivity (Wildman–Crippen MR) is 72.6 cm³/mol. The van der Waals surface area contributed by atoms with Gasteiger partial charge >= 0.3 is 0 Å². The van der Waals surface area contributed by atoms with Gasteiger partial charge in [0.1, 0.15) is 0 Å². The molecule has 1 aromatic carbocycles. The van der Waals surface area contributed by atoms with E-state index in [1.54, 1.807) is 6.07 Å². The largest absolute Gasteiger partial charge is 0.399 e. The van der Waals surface area contributed by atoms with Crippen LogP contribution in [0, 0.1) is 0 Å². The van der Waals surface area contributed by atoms with Gasteiger partial charge in [0.25, 0.3) is 5.91 Å². The highest BCUT2D eigenvalue weighted by atomic mass is 16.2. The molecule has 3 N–H and O–H groups in total. The van der Waals surface area contributed by atoms with Crippen molar-refractivity contribution in [2.45, 2.75) is 31.7 Å². The molecule has 4 nitrogen and oxygen atoms in total.